The van der Waals surface area contributed by atoms with E-state index in [1.54, 1.807) is 7.05 Å². The van der Waals surface area contributed by atoms with Crippen LogP contribution in [-0.2, 0) is 16.2 Å². The quantitative estimate of drug-likeness (QED) is 0.819. The summed E-state index contributed by atoms with van der Waals surface area (Å²) in [6.45, 7) is 2.90. The number of amides is 3. The predicted molar refractivity (Wildman–Crippen MR) is 107 cm³/mol. The number of nitrogens with one attached hydrogen (secondary N) is 1. The standard InChI is InChI=1S/C22H23N3O4/c1-3-29-25-13-18-19(21(25)26)20(23-22(27)24(18)2)16-10-7-11-17(12-16)28-14-15-8-5-4-6-9-15/h4-12,20H,3,13-14H2,1-2H3,(H,23,27). The number of hydrogen-bond acceptors (Lipinski definition) is 4. The van der Waals surface area contributed by atoms with Crippen molar-refractivity contribution in [2.24, 2.45) is 0 Å². The molecule has 0 radical (unpaired) electrons. The molecule has 2 aromatic rings. The van der Waals surface area contributed by atoms with Crippen LogP contribution in [0.5, 0.6) is 5.75 Å². The van der Waals surface area contributed by atoms with Crippen molar-refractivity contribution in [3.63, 3.8) is 0 Å². The van der Waals surface area contributed by atoms with Crippen molar-refractivity contribution in [3.8, 4) is 5.75 Å². The van der Waals surface area contributed by atoms with Crippen LogP contribution in [0.25, 0.3) is 0 Å². The molecule has 0 saturated heterocycles. The number of likely N-dealkylation sites (N-methyl/N-ethyl adjacent to an activating group) is 1. The molecule has 0 saturated carbocycles. The molecule has 2 heterocycles. The second-order valence-corrected chi connectivity index (χ2v) is 6.91. The van der Waals surface area contributed by atoms with Gasteiger partial charge in [0.15, 0.2) is 0 Å². The molecule has 2 aliphatic heterocycles. The van der Waals surface area contributed by atoms with E-state index in [9.17, 15) is 9.59 Å². The summed E-state index contributed by atoms with van der Waals surface area (Å²) in [5, 5.41) is 4.23. The van der Waals surface area contributed by atoms with E-state index in [2.05, 4.69) is 5.32 Å². The number of carbonyl (C=O) groups is 2. The number of hydrogen-bond donors (Lipinski definition) is 1. The molecule has 0 aliphatic carbocycles. The molecule has 7 heteroatoms. The van der Waals surface area contributed by atoms with Gasteiger partial charge in [0.2, 0.25) is 0 Å². The Balaban J connectivity index is 1.60. The Bertz CT molecular complexity index is 958. The van der Waals surface area contributed by atoms with E-state index in [1.807, 2.05) is 61.5 Å². The van der Waals surface area contributed by atoms with Gasteiger partial charge in [0, 0.05) is 7.05 Å². The molecule has 3 amide bonds. The first kappa shape index (κ1) is 19.0. The molecule has 1 atom stereocenters. The van der Waals surface area contributed by atoms with E-state index in [0.29, 0.717) is 30.2 Å². The summed E-state index contributed by atoms with van der Waals surface area (Å²) in [5.41, 5.74) is 3.04. The van der Waals surface area contributed by atoms with Crippen molar-refractivity contribution < 1.29 is 19.2 Å². The Hall–Kier alpha value is -3.32. The first-order valence-electron chi connectivity index (χ1n) is 9.57. The average molecular weight is 393 g/mol. The lowest BCUT2D eigenvalue weighted by Gasteiger charge is -2.31. The largest absolute Gasteiger partial charge is 0.489 e. The molecule has 29 heavy (non-hydrogen) atoms. The van der Waals surface area contributed by atoms with E-state index in [4.69, 9.17) is 9.57 Å². The van der Waals surface area contributed by atoms with E-state index in [-0.39, 0.29) is 18.5 Å². The van der Waals surface area contributed by atoms with Crippen molar-refractivity contribution in [2.45, 2.75) is 19.6 Å². The van der Waals surface area contributed by atoms with Crippen LogP contribution in [0.2, 0.25) is 0 Å². The van der Waals surface area contributed by atoms with Crippen LogP contribution in [0.1, 0.15) is 24.1 Å². The molecule has 1 unspecified atom stereocenters. The third-order valence-corrected chi connectivity index (χ3v) is 5.05. The number of rotatable bonds is 6. The lowest BCUT2D eigenvalue weighted by molar-refractivity contribution is -0.174. The number of benzene rings is 2. The number of urea groups is 1. The number of hydroxylamine groups is 2. The van der Waals surface area contributed by atoms with Crippen molar-refractivity contribution in [3.05, 3.63) is 77.0 Å². The average Bonchev–Trinajstić information content (AvgIpc) is 3.07. The molecule has 2 aliphatic rings. The zero-order chi connectivity index (χ0) is 20.4. The monoisotopic (exact) mass is 393 g/mol. The van der Waals surface area contributed by atoms with Gasteiger partial charge < -0.3 is 10.1 Å². The highest BCUT2D eigenvalue weighted by molar-refractivity contribution is 6.00. The molecule has 0 spiro atoms. The Kier molecular flexibility index (Phi) is 5.22. The summed E-state index contributed by atoms with van der Waals surface area (Å²) in [6.07, 6.45) is 0. The summed E-state index contributed by atoms with van der Waals surface area (Å²) < 4.78 is 5.91. The fourth-order valence-corrected chi connectivity index (χ4v) is 3.58. The van der Waals surface area contributed by atoms with Crippen molar-refractivity contribution in [1.29, 1.82) is 0 Å². The molecule has 4 rings (SSSR count). The highest BCUT2D eigenvalue weighted by atomic mass is 16.7. The Labute approximate surface area is 169 Å². The van der Waals surface area contributed by atoms with E-state index in [0.717, 1.165) is 11.1 Å². The normalized spacial score (nSPS) is 18.8. The van der Waals surface area contributed by atoms with Gasteiger partial charge in [0.25, 0.3) is 5.91 Å². The van der Waals surface area contributed by atoms with Gasteiger partial charge in [-0.2, -0.15) is 0 Å². The molecular weight excluding hydrogens is 370 g/mol. The highest BCUT2D eigenvalue weighted by Crippen LogP contribution is 2.36. The third-order valence-electron chi connectivity index (χ3n) is 5.05. The van der Waals surface area contributed by atoms with Gasteiger partial charge in [0.1, 0.15) is 12.4 Å². The SMILES string of the molecule is CCON1CC2=C(C1=O)C(c1cccc(OCc3ccccc3)c1)NC(=O)N2C. The van der Waals surface area contributed by atoms with Crippen molar-refractivity contribution >= 4 is 11.9 Å². The molecule has 2 aromatic carbocycles. The molecule has 0 bridgehead atoms. The number of nitrogens with zero attached hydrogens (tertiary/aromatic N) is 2. The second-order valence-electron chi connectivity index (χ2n) is 6.91. The Morgan fingerprint density at radius 2 is 1.90 bits per heavy atom. The lowest BCUT2D eigenvalue weighted by Crippen LogP contribution is -2.45. The van der Waals surface area contributed by atoms with Crippen LogP contribution >= 0.6 is 0 Å². The van der Waals surface area contributed by atoms with E-state index < -0.39 is 6.04 Å². The summed E-state index contributed by atoms with van der Waals surface area (Å²) in [7, 11) is 1.66. The molecule has 0 aromatic heterocycles. The van der Waals surface area contributed by atoms with Gasteiger partial charge >= 0.3 is 6.03 Å². The summed E-state index contributed by atoms with van der Waals surface area (Å²) >= 11 is 0. The lowest BCUT2D eigenvalue weighted by atomic mass is 9.95. The molecule has 1 N–H and O–H groups in total. The van der Waals surface area contributed by atoms with Crippen LogP contribution in [0, 0.1) is 0 Å². The van der Waals surface area contributed by atoms with Gasteiger partial charge in [-0.3, -0.25) is 14.5 Å². The summed E-state index contributed by atoms with van der Waals surface area (Å²) in [5.74, 6) is 0.447. The summed E-state index contributed by atoms with van der Waals surface area (Å²) in [4.78, 5) is 32.3. The van der Waals surface area contributed by atoms with E-state index >= 15 is 0 Å². The maximum atomic E-state index is 12.9. The second kappa shape index (κ2) is 7.97. The van der Waals surface area contributed by atoms with Crippen LogP contribution < -0.4 is 10.1 Å². The summed E-state index contributed by atoms with van der Waals surface area (Å²) in [6, 6.07) is 16.6. The van der Waals surface area contributed by atoms with Crippen LogP contribution in [0.4, 0.5) is 4.79 Å². The smallest absolute Gasteiger partial charge is 0.322 e. The number of ether oxygens (including phenoxy) is 1. The third kappa shape index (κ3) is 3.69. The predicted octanol–water partition coefficient (Wildman–Crippen LogP) is 3.01. The van der Waals surface area contributed by atoms with Crippen LogP contribution in [0.15, 0.2) is 65.9 Å². The topological polar surface area (TPSA) is 71.1 Å². The Morgan fingerprint density at radius 3 is 2.66 bits per heavy atom. The van der Waals surface area contributed by atoms with E-state index in [1.165, 1.54) is 9.96 Å². The molecular formula is C22H23N3O4. The first-order chi connectivity index (χ1) is 14.1. The van der Waals surface area contributed by atoms with Gasteiger partial charge in [-0.05, 0) is 30.2 Å². The van der Waals surface area contributed by atoms with Gasteiger partial charge in [-0.1, -0.05) is 42.5 Å². The zero-order valence-electron chi connectivity index (χ0n) is 16.4. The highest BCUT2D eigenvalue weighted by Gasteiger charge is 2.43. The molecule has 0 fully saturated rings. The van der Waals surface area contributed by atoms with Gasteiger partial charge in [-0.25, -0.2) is 9.86 Å². The fraction of sp³-hybridized carbons (Fsp3) is 0.273. The minimum atomic E-state index is -0.549. The Morgan fingerprint density at radius 1 is 1.10 bits per heavy atom. The van der Waals surface area contributed by atoms with Crippen LogP contribution in [-0.4, -0.2) is 42.1 Å². The fourth-order valence-electron chi connectivity index (χ4n) is 3.58. The maximum absolute atomic E-state index is 12.9. The molecule has 7 nitrogen and oxygen atoms in total. The number of carbonyl (C=O) groups excluding carboxylic acids is 2. The van der Waals surface area contributed by atoms with Crippen molar-refractivity contribution in [2.75, 3.05) is 20.2 Å². The van der Waals surface area contributed by atoms with Gasteiger partial charge in [-0.15, -0.1) is 0 Å². The maximum Gasteiger partial charge on any atom is 0.322 e. The molecule has 150 valence electrons. The van der Waals surface area contributed by atoms with Crippen molar-refractivity contribution in [1.82, 2.24) is 15.3 Å². The first-order valence-corrected chi connectivity index (χ1v) is 9.57. The minimum absolute atomic E-state index is 0.227. The van der Waals surface area contributed by atoms with Crippen LogP contribution in [0.3, 0.4) is 0 Å². The van der Waals surface area contributed by atoms with Gasteiger partial charge in [0.05, 0.1) is 30.5 Å². The zero-order valence-corrected chi connectivity index (χ0v) is 16.4. The minimum Gasteiger partial charge on any atom is -0.489 e.